The first-order chi connectivity index (χ1) is 8.13. The molecule has 1 aromatic heterocycles. The summed E-state index contributed by atoms with van der Waals surface area (Å²) in [5.74, 6) is 0.638. The van der Waals surface area contributed by atoms with Crippen LogP contribution < -0.4 is 0 Å². The van der Waals surface area contributed by atoms with Gasteiger partial charge in [-0.05, 0) is 32.1 Å². The number of imidazole rings is 1. The predicted molar refractivity (Wildman–Crippen MR) is 64.8 cm³/mol. The van der Waals surface area contributed by atoms with E-state index in [-0.39, 0.29) is 12.0 Å². The van der Waals surface area contributed by atoms with E-state index in [4.69, 9.17) is 0 Å². The maximum absolute atomic E-state index is 11.3. The van der Waals surface area contributed by atoms with Crippen LogP contribution in [-0.4, -0.2) is 20.6 Å². The Bertz CT molecular complexity index is 400. The van der Waals surface area contributed by atoms with Gasteiger partial charge in [-0.15, -0.1) is 0 Å². The molecule has 0 radical (unpaired) electrons. The normalized spacial score (nSPS) is 29.2. The molecule has 3 atom stereocenters. The molecule has 0 saturated heterocycles. The first-order valence-electron chi connectivity index (χ1n) is 6.35. The lowest BCUT2D eigenvalue weighted by molar-refractivity contribution is -0.145. The molecule has 1 fully saturated rings. The van der Waals surface area contributed by atoms with Crippen molar-refractivity contribution in [1.82, 2.24) is 9.55 Å². The Morgan fingerprint density at radius 1 is 1.59 bits per heavy atom. The van der Waals surface area contributed by atoms with Crippen molar-refractivity contribution in [2.45, 2.75) is 45.6 Å². The van der Waals surface area contributed by atoms with Crippen molar-refractivity contribution < 1.29 is 9.90 Å². The average Bonchev–Trinajstić information content (AvgIpc) is 2.74. The van der Waals surface area contributed by atoms with Gasteiger partial charge in [0.15, 0.2) is 0 Å². The zero-order valence-corrected chi connectivity index (χ0v) is 10.5. The highest BCUT2D eigenvalue weighted by Gasteiger charge is 2.35. The van der Waals surface area contributed by atoms with E-state index in [0.29, 0.717) is 5.92 Å². The summed E-state index contributed by atoms with van der Waals surface area (Å²) in [7, 11) is 0. The second-order valence-corrected chi connectivity index (χ2v) is 4.98. The van der Waals surface area contributed by atoms with E-state index in [0.717, 1.165) is 31.5 Å². The number of nitrogens with zero attached hydrogens (tertiary/aromatic N) is 2. The molecule has 1 saturated carbocycles. The number of carboxylic acid groups (broad SMARTS) is 1. The van der Waals surface area contributed by atoms with Gasteiger partial charge in [-0.3, -0.25) is 4.79 Å². The van der Waals surface area contributed by atoms with Crippen LogP contribution in [-0.2, 0) is 4.79 Å². The Kier molecular flexibility index (Phi) is 3.50. The van der Waals surface area contributed by atoms with Gasteiger partial charge in [-0.2, -0.15) is 0 Å². The third kappa shape index (κ3) is 2.35. The molecule has 0 aromatic carbocycles. The summed E-state index contributed by atoms with van der Waals surface area (Å²) in [4.78, 5) is 15.5. The molecule has 1 aromatic rings. The summed E-state index contributed by atoms with van der Waals surface area (Å²) in [5.41, 5.74) is 0. The van der Waals surface area contributed by atoms with Crippen molar-refractivity contribution >= 4 is 5.97 Å². The fourth-order valence-corrected chi connectivity index (χ4v) is 2.94. The van der Waals surface area contributed by atoms with Crippen molar-refractivity contribution in [3.63, 3.8) is 0 Å². The van der Waals surface area contributed by atoms with Crippen LogP contribution in [0.2, 0.25) is 0 Å². The summed E-state index contributed by atoms with van der Waals surface area (Å²) in [6.45, 7) is 4.12. The molecule has 3 unspecified atom stereocenters. The molecule has 94 valence electrons. The maximum atomic E-state index is 11.3. The quantitative estimate of drug-likeness (QED) is 0.877. The summed E-state index contributed by atoms with van der Waals surface area (Å²) in [6, 6.07) is 0.0775. The number of aromatic nitrogens is 2. The molecule has 2 rings (SSSR count). The van der Waals surface area contributed by atoms with Crippen LogP contribution in [0.4, 0.5) is 0 Å². The van der Waals surface area contributed by atoms with E-state index in [1.807, 2.05) is 17.7 Å². The molecule has 1 aliphatic carbocycles. The third-order valence-electron chi connectivity index (χ3n) is 4.04. The second kappa shape index (κ2) is 4.90. The highest BCUT2D eigenvalue weighted by molar-refractivity contribution is 5.70. The number of hydrogen-bond donors (Lipinski definition) is 1. The molecular formula is C13H20N2O2. The molecule has 17 heavy (non-hydrogen) atoms. The Labute approximate surface area is 102 Å². The minimum Gasteiger partial charge on any atom is -0.481 e. The smallest absolute Gasteiger partial charge is 0.308 e. The Morgan fingerprint density at radius 3 is 2.88 bits per heavy atom. The topological polar surface area (TPSA) is 55.1 Å². The number of aryl methyl sites for hydroxylation is 1. The average molecular weight is 236 g/mol. The van der Waals surface area contributed by atoms with Crippen LogP contribution in [0, 0.1) is 18.8 Å². The van der Waals surface area contributed by atoms with Crippen LogP contribution in [0.3, 0.4) is 0 Å². The molecule has 0 spiro atoms. The van der Waals surface area contributed by atoms with Gasteiger partial charge in [0, 0.05) is 18.4 Å². The van der Waals surface area contributed by atoms with E-state index < -0.39 is 5.97 Å². The molecule has 4 heteroatoms. The summed E-state index contributed by atoms with van der Waals surface area (Å²) >= 11 is 0. The van der Waals surface area contributed by atoms with E-state index >= 15 is 0 Å². The van der Waals surface area contributed by atoms with Gasteiger partial charge in [-0.1, -0.05) is 13.3 Å². The third-order valence-corrected chi connectivity index (χ3v) is 4.04. The Balaban J connectivity index is 2.25. The largest absolute Gasteiger partial charge is 0.481 e. The van der Waals surface area contributed by atoms with Crippen LogP contribution in [0.1, 0.15) is 44.5 Å². The molecule has 1 aliphatic rings. The monoisotopic (exact) mass is 236 g/mol. The molecule has 1 N–H and O–H groups in total. The van der Waals surface area contributed by atoms with Gasteiger partial charge in [0.2, 0.25) is 0 Å². The number of carbonyl (C=O) groups is 1. The SMILES string of the molecule is CCC1CCC(C(=O)O)C(n2ccnc2C)C1. The highest BCUT2D eigenvalue weighted by atomic mass is 16.4. The number of hydrogen-bond acceptors (Lipinski definition) is 2. The predicted octanol–water partition coefficient (Wildman–Crippen LogP) is 2.64. The van der Waals surface area contributed by atoms with Crippen molar-refractivity contribution in [1.29, 1.82) is 0 Å². The molecule has 0 bridgehead atoms. The van der Waals surface area contributed by atoms with Crippen LogP contribution in [0.15, 0.2) is 12.4 Å². The van der Waals surface area contributed by atoms with E-state index in [1.54, 1.807) is 6.20 Å². The van der Waals surface area contributed by atoms with Gasteiger partial charge in [0.05, 0.1) is 5.92 Å². The molecule has 4 nitrogen and oxygen atoms in total. The Hall–Kier alpha value is -1.32. The van der Waals surface area contributed by atoms with E-state index in [1.165, 1.54) is 0 Å². The summed E-state index contributed by atoms with van der Waals surface area (Å²) in [6.07, 6.45) is 7.59. The Morgan fingerprint density at radius 2 is 2.35 bits per heavy atom. The minimum absolute atomic E-state index is 0.0775. The van der Waals surface area contributed by atoms with Gasteiger partial charge in [-0.25, -0.2) is 4.98 Å². The molecular weight excluding hydrogens is 216 g/mol. The number of rotatable bonds is 3. The fraction of sp³-hybridized carbons (Fsp3) is 0.692. The lowest BCUT2D eigenvalue weighted by atomic mass is 9.77. The van der Waals surface area contributed by atoms with E-state index in [9.17, 15) is 9.90 Å². The second-order valence-electron chi connectivity index (χ2n) is 4.98. The first-order valence-corrected chi connectivity index (χ1v) is 6.35. The zero-order chi connectivity index (χ0) is 12.4. The lowest BCUT2D eigenvalue weighted by Gasteiger charge is -2.35. The summed E-state index contributed by atoms with van der Waals surface area (Å²) < 4.78 is 2.04. The van der Waals surface area contributed by atoms with Gasteiger partial charge in [0.1, 0.15) is 5.82 Å². The standard InChI is InChI=1S/C13H20N2O2/c1-3-10-4-5-11(13(16)17)12(8-10)15-7-6-14-9(15)2/h6-7,10-12H,3-5,8H2,1-2H3,(H,16,17). The molecule has 1 heterocycles. The van der Waals surface area contributed by atoms with Gasteiger partial charge in [0.25, 0.3) is 0 Å². The zero-order valence-electron chi connectivity index (χ0n) is 10.5. The van der Waals surface area contributed by atoms with Crippen molar-refractivity contribution in [3.8, 4) is 0 Å². The van der Waals surface area contributed by atoms with Crippen molar-refractivity contribution in [2.75, 3.05) is 0 Å². The van der Waals surface area contributed by atoms with Crippen LogP contribution in [0.5, 0.6) is 0 Å². The van der Waals surface area contributed by atoms with Crippen molar-refractivity contribution in [2.24, 2.45) is 11.8 Å². The van der Waals surface area contributed by atoms with Crippen molar-refractivity contribution in [3.05, 3.63) is 18.2 Å². The van der Waals surface area contributed by atoms with Gasteiger partial charge >= 0.3 is 5.97 Å². The fourth-order valence-electron chi connectivity index (χ4n) is 2.94. The number of aliphatic carboxylic acids is 1. The highest BCUT2D eigenvalue weighted by Crippen LogP contribution is 2.39. The summed E-state index contributed by atoms with van der Waals surface area (Å²) in [5, 5.41) is 9.32. The van der Waals surface area contributed by atoms with Crippen LogP contribution in [0.25, 0.3) is 0 Å². The number of carboxylic acids is 1. The molecule has 0 amide bonds. The first kappa shape index (κ1) is 12.1. The lowest BCUT2D eigenvalue weighted by Crippen LogP contribution is -2.32. The van der Waals surface area contributed by atoms with E-state index in [2.05, 4.69) is 11.9 Å². The van der Waals surface area contributed by atoms with Gasteiger partial charge < -0.3 is 9.67 Å². The molecule has 0 aliphatic heterocycles. The minimum atomic E-state index is -0.669. The van der Waals surface area contributed by atoms with Crippen LogP contribution >= 0.6 is 0 Å². The maximum Gasteiger partial charge on any atom is 0.308 e.